The second kappa shape index (κ2) is 8.55. The lowest BCUT2D eigenvalue weighted by atomic mass is 10.0. The van der Waals surface area contributed by atoms with Crippen molar-refractivity contribution in [3.8, 4) is 16.9 Å². The van der Waals surface area contributed by atoms with E-state index in [-0.39, 0.29) is 12.6 Å². The van der Waals surface area contributed by atoms with E-state index in [4.69, 9.17) is 15.2 Å². The van der Waals surface area contributed by atoms with Crippen molar-refractivity contribution in [1.29, 1.82) is 0 Å². The maximum Gasteiger partial charge on any atom is 0.355 e. The SMILES string of the molecule is CCOC(=O)c1c(-c2ccc3nsnc3c2)c2cc(N)ccc2n1Cc1ccc(OC)cc1. The minimum absolute atomic E-state index is 0.277. The molecule has 0 unspecified atom stereocenters. The molecule has 0 atom stereocenters. The second-order valence-electron chi connectivity index (χ2n) is 7.62. The van der Waals surface area contributed by atoms with E-state index in [0.717, 1.165) is 56.1 Å². The van der Waals surface area contributed by atoms with Gasteiger partial charge in [0.25, 0.3) is 0 Å². The molecule has 0 saturated heterocycles. The number of nitrogens with zero attached hydrogens (tertiary/aromatic N) is 3. The predicted molar refractivity (Wildman–Crippen MR) is 131 cm³/mol. The number of nitrogen functional groups attached to an aromatic ring is 1. The molecular weight excluding hydrogens is 436 g/mol. The molecule has 8 heteroatoms. The van der Waals surface area contributed by atoms with Crippen LogP contribution in [0.5, 0.6) is 5.75 Å². The summed E-state index contributed by atoms with van der Waals surface area (Å²) < 4.78 is 21.4. The average Bonchev–Trinajstić information content (AvgIpc) is 3.41. The van der Waals surface area contributed by atoms with Crippen LogP contribution in [0, 0.1) is 0 Å². The standard InChI is InChI=1S/C25H22N4O3S/c1-3-32-25(30)24-23(16-6-10-20-21(12-16)28-33-27-20)19-13-17(26)7-11-22(19)29(24)14-15-4-8-18(31-2)9-5-15/h4-13H,3,14,26H2,1-2H3. The Morgan fingerprint density at radius 2 is 1.82 bits per heavy atom. The molecule has 7 nitrogen and oxygen atoms in total. The third-order valence-corrected chi connectivity index (χ3v) is 6.16. The molecule has 5 aromatic rings. The Morgan fingerprint density at radius 1 is 1.03 bits per heavy atom. The molecule has 33 heavy (non-hydrogen) atoms. The van der Waals surface area contributed by atoms with Gasteiger partial charge in [-0.3, -0.25) is 0 Å². The van der Waals surface area contributed by atoms with Gasteiger partial charge in [-0.1, -0.05) is 18.2 Å². The van der Waals surface area contributed by atoms with E-state index in [1.165, 1.54) is 0 Å². The Hall–Kier alpha value is -3.91. The van der Waals surface area contributed by atoms with Crippen molar-refractivity contribution in [3.05, 3.63) is 71.9 Å². The Bertz CT molecular complexity index is 1470. The zero-order valence-electron chi connectivity index (χ0n) is 18.2. The molecule has 2 heterocycles. The van der Waals surface area contributed by atoms with E-state index < -0.39 is 0 Å². The van der Waals surface area contributed by atoms with Crippen molar-refractivity contribution in [1.82, 2.24) is 13.3 Å². The molecule has 0 fully saturated rings. The maximum atomic E-state index is 13.3. The molecule has 0 spiro atoms. The molecule has 166 valence electrons. The van der Waals surface area contributed by atoms with Crippen molar-refractivity contribution in [2.24, 2.45) is 0 Å². The van der Waals surface area contributed by atoms with Crippen LogP contribution in [0.15, 0.2) is 60.7 Å². The van der Waals surface area contributed by atoms with Crippen molar-refractivity contribution in [3.63, 3.8) is 0 Å². The highest BCUT2D eigenvalue weighted by Gasteiger charge is 2.25. The topological polar surface area (TPSA) is 92.3 Å². The summed E-state index contributed by atoms with van der Waals surface area (Å²) >= 11 is 1.16. The van der Waals surface area contributed by atoms with Crippen molar-refractivity contribution in [2.45, 2.75) is 13.5 Å². The van der Waals surface area contributed by atoms with Crippen LogP contribution in [0.2, 0.25) is 0 Å². The first-order valence-corrected chi connectivity index (χ1v) is 11.3. The molecule has 0 radical (unpaired) electrons. The zero-order valence-corrected chi connectivity index (χ0v) is 19.1. The first-order chi connectivity index (χ1) is 16.1. The summed E-state index contributed by atoms with van der Waals surface area (Å²) in [5.41, 5.74) is 12.4. The molecule has 3 aromatic carbocycles. The van der Waals surface area contributed by atoms with E-state index in [2.05, 4.69) is 8.75 Å². The summed E-state index contributed by atoms with van der Waals surface area (Å²) in [6.45, 7) is 2.57. The molecule has 2 N–H and O–H groups in total. The summed E-state index contributed by atoms with van der Waals surface area (Å²) in [7, 11) is 1.64. The van der Waals surface area contributed by atoms with Crippen LogP contribution < -0.4 is 10.5 Å². The van der Waals surface area contributed by atoms with Crippen LogP contribution in [-0.4, -0.2) is 33.0 Å². The summed E-state index contributed by atoms with van der Waals surface area (Å²) in [4.78, 5) is 13.3. The van der Waals surface area contributed by atoms with Crippen LogP contribution in [-0.2, 0) is 11.3 Å². The Morgan fingerprint density at radius 3 is 2.58 bits per heavy atom. The number of ether oxygens (including phenoxy) is 2. The second-order valence-corrected chi connectivity index (χ2v) is 8.15. The first kappa shape index (κ1) is 21.0. The summed E-state index contributed by atoms with van der Waals surface area (Å²) in [6.07, 6.45) is 0. The van der Waals surface area contributed by atoms with Gasteiger partial charge in [0.1, 0.15) is 22.5 Å². The Kier molecular flexibility index (Phi) is 5.43. The smallest absolute Gasteiger partial charge is 0.355 e. The van der Waals surface area contributed by atoms with Gasteiger partial charge in [0, 0.05) is 28.7 Å². The number of nitrogens with two attached hydrogens (primary N) is 1. The highest BCUT2D eigenvalue weighted by Crippen LogP contribution is 2.38. The molecule has 0 aliphatic heterocycles. The number of hydrogen-bond donors (Lipinski definition) is 1. The number of esters is 1. The molecular formula is C25H22N4O3S. The number of anilines is 1. The minimum Gasteiger partial charge on any atom is -0.497 e. The average molecular weight is 459 g/mol. The van der Waals surface area contributed by atoms with Gasteiger partial charge >= 0.3 is 5.97 Å². The number of fused-ring (bicyclic) bond motifs is 2. The number of benzene rings is 3. The van der Waals surface area contributed by atoms with Crippen LogP contribution in [0.4, 0.5) is 5.69 Å². The van der Waals surface area contributed by atoms with E-state index >= 15 is 0 Å². The third kappa shape index (κ3) is 3.78. The number of rotatable bonds is 6. The van der Waals surface area contributed by atoms with Crippen molar-refractivity contribution in [2.75, 3.05) is 19.5 Å². The number of carbonyl (C=O) groups excluding carboxylic acids is 1. The molecule has 0 aliphatic carbocycles. The first-order valence-electron chi connectivity index (χ1n) is 10.5. The zero-order chi connectivity index (χ0) is 22.9. The van der Waals surface area contributed by atoms with Gasteiger partial charge in [0.05, 0.1) is 25.4 Å². The normalized spacial score (nSPS) is 11.2. The summed E-state index contributed by atoms with van der Waals surface area (Å²) in [5.74, 6) is 0.396. The van der Waals surface area contributed by atoms with Gasteiger partial charge in [0.15, 0.2) is 0 Å². The highest BCUT2D eigenvalue weighted by molar-refractivity contribution is 7.00. The highest BCUT2D eigenvalue weighted by atomic mass is 32.1. The fourth-order valence-corrected chi connectivity index (χ4v) is 4.61. The third-order valence-electron chi connectivity index (χ3n) is 5.60. The number of hydrogen-bond acceptors (Lipinski definition) is 7. The van der Waals surface area contributed by atoms with E-state index in [1.54, 1.807) is 14.0 Å². The monoisotopic (exact) mass is 458 g/mol. The minimum atomic E-state index is -0.382. The fraction of sp³-hybridized carbons (Fsp3) is 0.160. The lowest BCUT2D eigenvalue weighted by Gasteiger charge is -2.12. The molecule has 0 bridgehead atoms. The number of methoxy groups -OCH3 is 1. The van der Waals surface area contributed by atoms with Gasteiger partial charge < -0.3 is 19.8 Å². The van der Waals surface area contributed by atoms with Crippen LogP contribution >= 0.6 is 11.7 Å². The van der Waals surface area contributed by atoms with Gasteiger partial charge in [0.2, 0.25) is 0 Å². The molecule has 0 saturated carbocycles. The lowest BCUT2D eigenvalue weighted by molar-refractivity contribution is 0.0516. The maximum absolute atomic E-state index is 13.3. The van der Waals surface area contributed by atoms with E-state index in [9.17, 15) is 4.79 Å². The summed E-state index contributed by atoms with van der Waals surface area (Å²) in [6, 6.07) is 19.3. The van der Waals surface area contributed by atoms with Crippen molar-refractivity contribution < 1.29 is 14.3 Å². The molecule has 0 aliphatic rings. The number of carbonyl (C=O) groups is 1. The van der Waals surface area contributed by atoms with Crippen LogP contribution in [0.3, 0.4) is 0 Å². The van der Waals surface area contributed by atoms with Crippen molar-refractivity contribution >= 4 is 45.3 Å². The van der Waals surface area contributed by atoms with Gasteiger partial charge in [-0.15, -0.1) is 0 Å². The quantitative estimate of drug-likeness (QED) is 0.280. The van der Waals surface area contributed by atoms with Gasteiger partial charge in [-0.2, -0.15) is 8.75 Å². The van der Waals surface area contributed by atoms with Crippen LogP contribution in [0.1, 0.15) is 23.0 Å². The van der Waals surface area contributed by atoms with Gasteiger partial charge in [-0.25, -0.2) is 4.79 Å². The molecule has 0 amide bonds. The predicted octanol–water partition coefficient (Wildman–Crippen LogP) is 5.13. The number of aromatic nitrogens is 3. The largest absolute Gasteiger partial charge is 0.497 e. The molecule has 2 aromatic heterocycles. The fourth-order valence-electron chi connectivity index (χ4n) is 4.09. The van der Waals surface area contributed by atoms with Gasteiger partial charge in [-0.05, 0) is 60.5 Å². The van der Waals surface area contributed by atoms with Crippen LogP contribution in [0.25, 0.3) is 33.1 Å². The molecule has 5 rings (SSSR count). The summed E-state index contributed by atoms with van der Waals surface area (Å²) in [5, 5.41) is 0.883. The van der Waals surface area contributed by atoms with E-state index in [1.807, 2.05) is 65.2 Å². The lowest BCUT2D eigenvalue weighted by Crippen LogP contribution is -2.14. The Balaban J connectivity index is 1.77. The Labute approximate surface area is 194 Å². The van der Waals surface area contributed by atoms with E-state index in [0.29, 0.717) is 17.9 Å².